The quantitative estimate of drug-likeness (QED) is 0.250. The molecule has 2 aliphatic rings. The molecule has 0 aromatic rings. The molecule has 176 valence electrons. The summed E-state index contributed by atoms with van der Waals surface area (Å²) in [7, 11) is 1.67. The number of urea groups is 1. The van der Waals surface area contributed by atoms with Crippen molar-refractivity contribution in [2.24, 2.45) is 16.9 Å². The van der Waals surface area contributed by atoms with E-state index in [1.807, 2.05) is 13.8 Å². The highest BCUT2D eigenvalue weighted by atomic mass is 16.5. The Morgan fingerprint density at radius 3 is 2.55 bits per heavy atom. The van der Waals surface area contributed by atoms with Gasteiger partial charge in [-0.2, -0.15) is 5.10 Å². The minimum absolute atomic E-state index is 0.0682. The minimum atomic E-state index is -0.372. The highest BCUT2D eigenvalue weighted by Gasteiger charge is 2.30. The smallest absolute Gasteiger partial charge is 0.335 e. The van der Waals surface area contributed by atoms with Crippen LogP contribution in [0.4, 0.5) is 4.79 Å². The highest BCUT2D eigenvalue weighted by Crippen LogP contribution is 2.28. The molecule has 5 N–H and O–H groups in total. The van der Waals surface area contributed by atoms with Crippen LogP contribution in [0.5, 0.6) is 0 Å². The maximum Gasteiger partial charge on any atom is 0.335 e. The normalized spacial score (nSPS) is 26.9. The van der Waals surface area contributed by atoms with E-state index >= 15 is 0 Å². The summed E-state index contributed by atoms with van der Waals surface area (Å²) in [6, 6.07) is -0.905. The fraction of sp³-hybridized carbons (Fsp3) is 0.810. The van der Waals surface area contributed by atoms with Crippen molar-refractivity contribution < 1.29 is 19.1 Å². The van der Waals surface area contributed by atoms with Crippen LogP contribution >= 0.6 is 0 Å². The lowest BCUT2D eigenvalue weighted by molar-refractivity contribution is -0.125. The lowest BCUT2D eigenvalue weighted by atomic mass is 9.81. The molecule has 0 aromatic heterocycles. The zero-order valence-electron chi connectivity index (χ0n) is 18.9. The Morgan fingerprint density at radius 1 is 1.16 bits per heavy atom. The molecule has 1 aliphatic heterocycles. The predicted octanol–water partition coefficient (Wildman–Crippen LogP) is 0.486. The van der Waals surface area contributed by atoms with Crippen LogP contribution in [0, 0.1) is 11.8 Å². The molecule has 2 fully saturated rings. The average Bonchev–Trinajstić information content (AvgIpc) is 3.25. The van der Waals surface area contributed by atoms with Crippen LogP contribution in [0.1, 0.15) is 52.4 Å². The minimum Gasteiger partial charge on any atom is -0.377 e. The summed E-state index contributed by atoms with van der Waals surface area (Å²) in [5.41, 5.74) is 2.46. The van der Waals surface area contributed by atoms with Gasteiger partial charge in [0, 0.05) is 38.9 Å². The summed E-state index contributed by atoms with van der Waals surface area (Å²) >= 11 is 0. The first kappa shape index (κ1) is 25.1. The van der Waals surface area contributed by atoms with Crippen molar-refractivity contribution in [3.05, 3.63) is 0 Å². The summed E-state index contributed by atoms with van der Waals surface area (Å²) in [4.78, 5) is 36.1. The van der Waals surface area contributed by atoms with Gasteiger partial charge in [-0.05, 0) is 51.4 Å². The highest BCUT2D eigenvalue weighted by molar-refractivity contribution is 5.85. The first-order valence-electron chi connectivity index (χ1n) is 11.4. The molecule has 1 saturated heterocycles. The SMILES string of the molecule is CCO[C@H]1CN[C@H](C(=O)N[C@H](/C=N/NC(=O)NCC2CCC(C(=O)NC)CC2)CC)C1. The van der Waals surface area contributed by atoms with Crippen molar-refractivity contribution in [2.45, 2.75) is 70.6 Å². The van der Waals surface area contributed by atoms with Crippen LogP contribution < -0.4 is 26.7 Å². The molecule has 0 bridgehead atoms. The van der Waals surface area contributed by atoms with Gasteiger partial charge in [0.05, 0.1) is 18.2 Å². The zero-order chi connectivity index (χ0) is 22.6. The summed E-state index contributed by atoms with van der Waals surface area (Å²) in [5.74, 6) is 0.481. The van der Waals surface area contributed by atoms with E-state index in [1.165, 1.54) is 0 Å². The monoisotopic (exact) mass is 438 g/mol. The van der Waals surface area contributed by atoms with E-state index in [0.29, 0.717) is 38.5 Å². The molecule has 0 aromatic carbocycles. The van der Waals surface area contributed by atoms with E-state index in [9.17, 15) is 14.4 Å². The maximum absolute atomic E-state index is 12.4. The van der Waals surface area contributed by atoms with Gasteiger partial charge in [-0.25, -0.2) is 10.2 Å². The van der Waals surface area contributed by atoms with Gasteiger partial charge in [0.15, 0.2) is 0 Å². The number of hydrazone groups is 1. The first-order chi connectivity index (χ1) is 15.0. The molecule has 4 amide bonds. The van der Waals surface area contributed by atoms with Crippen molar-refractivity contribution in [3.63, 3.8) is 0 Å². The number of ether oxygens (including phenoxy) is 1. The van der Waals surface area contributed by atoms with Crippen molar-refractivity contribution in [3.8, 4) is 0 Å². The van der Waals surface area contributed by atoms with Gasteiger partial charge in [0.2, 0.25) is 11.8 Å². The van der Waals surface area contributed by atoms with E-state index in [-0.39, 0.29) is 42.0 Å². The molecule has 0 spiro atoms. The van der Waals surface area contributed by atoms with Crippen molar-refractivity contribution in [2.75, 3.05) is 26.7 Å². The van der Waals surface area contributed by atoms with E-state index in [4.69, 9.17) is 4.74 Å². The summed E-state index contributed by atoms with van der Waals surface area (Å²) in [5, 5.41) is 15.6. The summed E-state index contributed by atoms with van der Waals surface area (Å²) in [6.45, 7) is 5.75. The van der Waals surface area contributed by atoms with Crippen LogP contribution in [0.15, 0.2) is 5.10 Å². The van der Waals surface area contributed by atoms with Gasteiger partial charge in [-0.3, -0.25) is 9.59 Å². The van der Waals surface area contributed by atoms with Crippen LogP contribution in [-0.2, 0) is 14.3 Å². The van der Waals surface area contributed by atoms with Crippen molar-refractivity contribution in [1.82, 2.24) is 26.7 Å². The molecule has 2 rings (SSSR count). The number of carbonyl (C=O) groups excluding carboxylic acids is 3. The maximum atomic E-state index is 12.4. The fourth-order valence-corrected chi connectivity index (χ4v) is 4.09. The number of nitrogens with one attached hydrogen (secondary N) is 5. The Kier molecular flexibility index (Phi) is 10.7. The standard InChI is InChI=1S/C21H38N6O4/c1-4-16(26-20(29)18-10-17(13-23-18)31-5-2)12-25-27-21(30)24-11-14-6-8-15(9-7-14)19(28)22-3/h12,14-18,23H,4-11,13H2,1-3H3,(H,22,28)(H,26,29)(H2,24,27,30)/b25-12+/t14?,15?,16-,17+,18-/m0/s1. The number of rotatable bonds is 10. The Bertz CT molecular complexity index is 621. The molecular formula is C21H38N6O4. The third kappa shape index (κ3) is 8.45. The molecule has 1 heterocycles. The van der Waals surface area contributed by atoms with Crippen LogP contribution in [0.2, 0.25) is 0 Å². The lowest BCUT2D eigenvalue weighted by Gasteiger charge is -2.27. The number of hydrogen-bond donors (Lipinski definition) is 5. The van der Waals surface area contributed by atoms with Crippen LogP contribution in [0.3, 0.4) is 0 Å². The van der Waals surface area contributed by atoms with Gasteiger partial charge in [0.25, 0.3) is 0 Å². The Morgan fingerprint density at radius 2 is 1.90 bits per heavy atom. The van der Waals surface area contributed by atoms with Crippen molar-refractivity contribution in [1.29, 1.82) is 0 Å². The number of nitrogens with zero attached hydrogens (tertiary/aromatic N) is 1. The lowest BCUT2D eigenvalue weighted by Crippen LogP contribution is -2.46. The second-order valence-electron chi connectivity index (χ2n) is 8.23. The Balaban J connectivity index is 1.64. The molecule has 31 heavy (non-hydrogen) atoms. The molecule has 0 radical (unpaired) electrons. The molecule has 3 atom stereocenters. The largest absolute Gasteiger partial charge is 0.377 e. The van der Waals surface area contributed by atoms with Crippen LogP contribution in [0.25, 0.3) is 0 Å². The second-order valence-corrected chi connectivity index (χ2v) is 8.23. The number of amides is 4. The van der Waals surface area contributed by atoms with Gasteiger partial charge < -0.3 is 26.0 Å². The zero-order valence-corrected chi connectivity index (χ0v) is 18.9. The third-order valence-electron chi connectivity index (χ3n) is 6.01. The van der Waals surface area contributed by atoms with Crippen molar-refractivity contribution >= 4 is 24.1 Å². The van der Waals surface area contributed by atoms with E-state index < -0.39 is 0 Å². The Labute approximate surface area is 184 Å². The van der Waals surface area contributed by atoms with E-state index in [2.05, 4.69) is 31.8 Å². The molecule has 10 heteroatoms. The Hall–Kier alpha value is -2.20. The van der Waals surface area contributed by atoms with E-state index in [1.54, 1.807) is 13.3 Å². The predicted molar refractivity (Wildman–Crippen MR) is 119 cm³/mol. The second kappa shape index (κ2) is 13.3. The van der Waals surface area contributed by atoms with Gasteiger partial charge >= 0.3 is 6.03 Å². The summed E-state index contributed by atoms with van der Waals surface area (Å²) in [6.07, 6.45) is 6.47. The molecule has 0 unspecified atom stereocenters. The average molecular weight is 439 g/mol. The molecule has 1 saturated carbocycles. The molecular weight excluding hydrogens is 400 g/mol. The van der Waals surface area contributed by atoms with Crippen LogP contribution in [-0.4, -0.2) is 69.0 Å². The van der Waals surface area contributed by atoms with Gasteiger partial charge in [-0.15, -0.1) is 0 Å². The molecule has 1 aliphatic carbocycles. The number of hydrogen-bond acceptors (Lipinski definition) is 6. The molecule has 10 nitrogen and oxygen atoms in total. The third-order valence-corrected chi connectivity index (χ3v) is 6.01. The van der Waals surface area contributed by atoms with Gasteiger partial charge in [-0.1, -0.05) is 6.92 Å². The number of carbonyl (C=O) groups is 3. The van der Waals surface area contributed by atoms with E-state index in [0.717, 1.165) is 25.7 Å². The van der Waals surface area contributed by atoms with Gasteiger partial charge in [0.1, 0.15) is 0 Å². The fourth-order valence-electron chi connectivity index (χ4n) is 4.09. The summed E-state index contributed by atoms with van der Waals surface area (Å²) < 4.78 is 5.55. The topological polar surface area (TPSA) is 133 Å². The first-order valence-corrected chi connectivity index (χ1v) is 11.4.